The van der Waals surface area contributed by atoms with Gasteiger partial charge in [0.15, 0.2) is 0 Å². The molecule has 2 heterocycles. The molecule has 0 saturated carbocycles. The number of nitrogens with zero attached hydrogens (tertiary/aromatic N) is 2. The zero-order valence-corrected chi connectivity index (χ0v) is 19.3. The highest BCUT2D eigenvalue weighted by molar-refractivity contribution is 5.96. The first kappa shape index (κ1) is 22.1. The molecule has 0 radical (unpaired) electrons. The summed E-state index contributed by atoms with van der Waals surface area (Å²) in [5.74, 6) is 1.23. The number of carbonyl (C=O) groups is 1. The van der Waals surface area contributed by atoms with E-state index in [1.165, 1.54) is 5.56 Å². The third kappa shape index (κ3) is 4.86. The van der Waals surface area contributed by atoms with Gasteiger partial charge in [-0.1, -0.05) is 12.1 Å². The largest absolute Gasteiger partial charge is 0.497 e. The first-order valence-electron chi connectivity index (χ1n) is 11.2. The lowest BCUT2D eigenvalue weighted by Gasteiger charge is -2.24. The number of hydrogen-bond donors (Lipinski definition) is 2. The second-order valence-corrected chi connectivity index (χ2v) is 8.69. The SMILES string of the molecule is COc1cc(-c2cnn(C)c2)cc([C@@H](C)NC(=O)c2cc(C3CCNCC3)ccc2C)c1. The quantitative estimate of drug-likeness (QED) is 0.607. The molecule has 0 unspecified atom stereocenters. The Labute approximate surface area is 190 Å². The summed E-state index contributed by atoms with van der Waals surface area (Å²) in [5, 5.41) is 10.9. The fraction of sp³-hybridized carbons (Fsp3) is 0.385. The minimum Gasteiger partial charge on any atom is -0.497 e. The molecule has 32 heavy (non-hydrogen) atoms. The number of nitrogens with one attached hydrogen (secondary N) is 2. The van der Waals surface area contributed by atoms with E-state index in [4.69, 9.17) is 4.74 Å². The van der Waals surface area contributed by atoms with Gasteiger partial charge < -0.3 is 15.4 Å². The number of amides is 1. The lowest BCUT2D eigenvalue weighted by atomic mass is 9.88. The van der Waals surface area contributed by atoms with E-state index in [0.29, 0.717) is 5.92 Å². The Hall–Kier alpha value is -3.12. The number of carbonyl (C=O) groups excluding carboxylic acids is 1. The van der Waals surface area contributed by atoms with Gasteiger partial charge in [-0.2, -0.15) is 5.10 Å². The average Bonchev–Trinajstić information content (AvgIpc) is 3.25. The van der Waals surface area contributed by atoms with Crippen molar-refractivity contribution in [2.75, 3.05) is 20.2 Å². The molecule has 1 saturated heterocycles. The van der Waals surface area contributed by atoms with Crippen molar-refractivity contribution in [1.82, 2.24) is 20.4 Å². The second kappa shape index (κ2) is 9.57. The lowest BCUT2D eigenvalue weighted by Crippen LogP contribution is -2.28. The van der Waals surface area contributed by atoms with Gasteiger partial charge in [0.05, 0.1) is 19.3 Å². The first-order chi connectivity index (χ1) is 15.4. The molecule has 0 bridgehead atoms. The van der Waals surface area contributed by atoms with Crippen LogP contribution in [-0.4, -0.2) is 35.9 Å². The van der Waals surface area contributed by atoms with Gasteiger partial charge >= 0.3 is 0 Å². The van der Waals surface area contributed by atoms with Gasteiger partial charge in [0.1, 0.15) is 5.75 Å². The minimum absolute atomic E-state index is 0.0449. The van der Waals surface area contributed by atoms with E-state index < -0.39 is 0 Å². The standard InChI is InChI=1S/C26H32N4O2/c1-17-5-6-20(19-7-9-27-10-8-19)14-25(17)26(31)29-18(2)21-11-22(13-24(12-21)32-4)23-15-28-30(3)16-23/h5-6,11-16,18-19,27H,7-10H2,1-4H3,(H,29,31)/t18-/m1/s1. The molecule has 1 aromatic heterocycles. The maximum atomic E-state index is 13.2. The number of ether oxygens (including phenoxy) is 1. The summed E-state index contributed by atoms with van der Waals surface area (Å²) in [6, 6.07) is 12.2. The van der Waals surface area contributed by atoms with Gasteiger partial charge in [-0.3, -0.25) is 9.48 Å². The number of aromatic nitrogens is 2. The molecule has 4 rings (SSSR count). The van der Waals surface area contributed by atoms with E-state index in [1.54, 1.807) is 11.8 Å². The van der Waals surface area contributed by atoms with Crippen LogP contribution in [0.5, 0.6) is 5.75 Å². The van der Waals surface area contributed by atoms with Gasteiger partial charge in [0, 0.05) is 24.4 Å². The number of piperidine rings is 1. The van der Waals surface area contributed by atoms with Gasteiger partial charge in [-0.05, 0) is 92.2 Å². The second-order valence-electron chi connectivity index (χ2n) is 8.69. The smallest absolute Gasteiger partial charge is 0.252 e. The predicted octanol–water partition coefficient (Wildman–Crippen LogP) is 4.36. The highest BCUT2D eigenvalue weighted by Crippen LogP contribution is 2.30. The van der Waals surface area contributed by atoms with Crippen LogP contribution in [0.15, 0.2) is 48.8 Å². The first-order valence-corrected chi connectivity index (χ1v) is 11.2. The van der Waals surface area contributed by atoms with Crippen molar-refractivity contribution in [3.8, 4) is 16.9 Å². The van der Waals surface area contributed by atoms with Crippen molar-refractivity contribution in [1.29, 1.82) is 0 Å². The number of rotatable bonds is 6. The third-order valence-electron chi connectivity index (χ3n) is 6.37. The Bertz CT molecular complexity index is 1100. The van der Waals surface area contributed by atoms with Crippen molar-refractivity contribution in [3.63, 3.8) is 0 Å². The van der Waals surface area contributed by atoms with Gasteiger partial charge in [-0.25, -0.2) is 0 Å². The summed E-state index contributed by atoms with van der Waals surface area (Å²) in [7, 11) is 3.55. The molecule has 1 aliphatic heterocycles. The van der Waals surface area contributed by atoms with Crippen molar-refractivity contribution in [2.24, 2.45) is 7.05 Å². The van der Waals surface area contributed by atoms with Gasteiger partial charge in [0.25, 0.3) is 5.91 Å². The molecule has 2 aromatic carbocycles. The molecule has 3 aromatic rings. The molecule has 168 valence electrons. The monoisotopic (exact) mass is 432 g/mol. The van der Waals surface area contributed by atoms with Crippen LogP contribution in [0.3, 0.4) is 0 Å². The summed E-state index contributed by atoms with van der Waals surface area (Å²) in [5.41, 5.74) is 6.02. The topological polar surface area (TPSA) is 68.2 Å². The van der Waals surface area contributed by atoms with Crippen LogP contribution in [0, 0.1) is 6.92 Å². The Kier molecular flexibility index (Phi) is 6.61. The summed E-state index contributed by atoms with van der Waals surface area (Å²) < 4.78 is 7.30. The lowest BCUT2D eigenvalue weighted by molar-refractivity contribution is 0.0939. The van der Waals surface area contributed by atoms with E-state index in [0.717, 1.165) is 59.5 Å². The fourth-order valence-electron chi connectivity index (χ4n) is 4.38. The Morgan fingerprint density at radius 2 is 1.97 bits per heavy atom. The molecule has 6 heteroatoms. The van der Waals surface area contributed by atoms with E-state index in [2.05, 4.69) is 40.0 Å². The zero-order valence-electron chi connectivity index (χ0n) is 19.3. The van der Waals surface area contributed by atoms with Crippen LogP contribution in [0.2, 0.25) is 0 Å². The molecule has 1 aliphatic rings. The normalized spacial score (nSPS) is 15.4. The van der Waals surface area contributed by atoms with Crippen LogP contribution in [0.25, 0.3) is 11.1 Å². The van der Waals surface area contributed by atoms with E-state index in [9.17, 15) is 4.79 Å². The van der Waals surface area contributed by atoms with Gasteiger partial charge in [0.2, 0.25) is 0 Å². The van der Waals surface area contributed by atoms with Crippen LogP contribution < -0.4 is 15.4 Å². The Balaban J connectivity index is 1.56. The summed E-state index contributed by atoms with van der Waals surface area (Å²) in [6.45, 7) is 6.07. The number of hydrogen-bond acceptors (Lipinski definition) is 4. The van der Waals surface area contributed by atoms with Crippen molar-refractivity contribution in [3.05, 3.63) is 71.0 Å². The van der Waals surface area contributed by atoms with Crippen LogP contribution in [0.4, 0.5) is 0 Å². The van der Waals surface area contributed by atoms with Crippen LogP contribution >= 0.6 is 0 Å². The minimum atomic E-state index is -0.171. The Morgan fingerprint density at radius 1 is 1.19 bits per heavy atom. The zero-order chi connectivity index (χ0) is 22.7. The van der Waals surface area contributed by atoms with E-state index >= 15 is 0 Å². The highest BCUT2D eigenvalue weighted by Gasteiger charge is 2.20. The molecule has 1 atom stereocenters. The predicted molar refractivity (Wildman–Crippen MR) is 127 cm³/mol. The summed E-state index contributed by atoms with van der Waals surface area (Å²) >= 11 is 0. The summed E-state index contributed by atoms with van der Waals surface area (Å²) in [6.07, 6.45) is 6.03. The van der Waals surface area contributed by atoms with E-state index in [-0.39, 0.29) is 11.9 Å². The van der Waals surface area contributed by atoms with Gasteiger partial charge in [-0.15, -0.1) is 0 Å². The molecule has 0 spiro atoms. The molecule has 1 amide bonds. The molecular formula is C26H32N4O2. The van der Waals surface area contributed by atoms with Crippen molar-refractivity contribution >= 4 is 5.91 Å². The summed E-state index contributed by atoms with van der Waals surface area (Å²) in [4.78, 5) is 13.2. The van der Waals surface area contributed by atoms with E-state index in [1.807, 2.05) is 45.4 Å². The van der Waals surface area contributed by atoms with Crippen LogP contribution in [0.1, 0.15) is 58.8 Å². The number of benzene rings is 2. The third-order valence-corrected chi connectivity index (χ3v) is 6.37. The average molecular weight is 433 g/mol. The highest BCUT2D eigenvalue weighted by atomic mass is 16.5. The number of methoxy groups -OCH3 is 1. The maximum Gasteiger partial charge on any atom is 0.252 e. The maximum absolute atomic E-state index is 13.2. The number of aryl methyl sites for hydroxylation is 2. The fourth-order valence-corrected chi connectivity index (χ4v) is 4.38. The molecule has 1 fully saturated rings. The van der Waals surface area contributed by atoms with Crippen molar-refractivity contribution < 1.29 is 9.53 Å². The van der Waals surface area contributed by atoms with Crippen LogP contribution in [-0.2, 0) is 7.05 Å². The van der Waals surface area contributed by atoms with Crippen molar-refractivity contribution in [2.45, 2.75) is 38.6 Å². The molecule has 6 nitrogen and oxygen atoms in total. The Morgan fingerprint density at radius 3 is 2.66 bits per heavy atom. The molecular weight excluding hydrogens is 400 g/mol. The molecule has 0 aliphatic carbocycles. The molecule has 2 N–H and O–H groups in total.